The van der Waals surface area contributed by atoms with Gasteiger partial charge >= 0.3 is 6.09 Å². The predicted octanol–water partition coefficient (Wildman–Crippen LogP) is 4.81. The van der Waals surface area contributed by atoms with Gasteiger partial charge in [-0.1, -0.05) is 6.07 Å². The molecule has 166 valence electrons. The lowest BCUT2D eigenvalue weighted by Gasteiger charge is -2.36. The molecular weight excluding hydrogens is 397 g/mol. The number of carbonyl (C=O) groups is 2. The molecule has 7 heteroatoms. The molecule has 1 aromatic carbocycles. The minimum Gasteiger partial charge on any atom is -0.444 e. The van der Waals surface area contributed by atoms with Crippen LogP contribution in [0.2, 0.25) is 0 Å². The SMILES string of the molecule is Cc1cc(F)cc(-c2cnc(C)c(C=O)c2N2CCC(NC(=O)OC(C)(C)C)CC2)c1. The monoisotopic (exact) mass is 427 g/mol. The van der Waals surface area contributed by atoms with E-state index in [9.17, 15) is 14.0 Å². The number of benzene rings is 1. The highest BCUT2D eigenvalue weighted by Crippen LogP contribution is 2.36. The van der Waals surface area contributed by atoms with Crippen molar-refractivity contribution in [3.05, 3.63) is 47.0 Å². The van der Waals surface area contributed by atoms with Crippen molar-refractivity contribution in [1.82, 2.24) is 10.3 Å². The van der Waals surface area contributed by atoms with E-state index >= 15 is 0 Å². The summed E-state index contributed by atoms with van der Waals surface area (Å²) in [4.78, 5) is 30.5. The molecule has 3 rings (SSSR count). The average Bonchev–Trinajstić information content (AvgIpc) is 2.66. The normalized spacial score (nSPS) is 15.0. The summed E-state index contributed by atoms with van der Waals surface area (Å²) in [6.07, 6.45) is 3.52. The number of rotatable bonds is 4. The number of aldehydes is 1. The first-order valence-corrected chi connectivity index (χ1v) is 10.5. The van der Waals surface area contributed by atoms with Gasteiger partial charge in [0.1, 0.15) is 11.4 Å². The zero-order chi connectivity index (χ0) is 22.8. The van der Waals surface area contributed by atoms with Gasteiger partial charge in [-0.25, -0.2) is 9.18 Å². The molecule has 1 N–H and O–H groups in total. The second kappa shape index (κ2) is 9.04. The van der Waals surface area contributed by atoms with E-state index in [1.54, 1.807) is 13.1 Å². The van der Waals surface area contributed by atoms with Crippen LogP contribution in [0.1, 0.15) is 55.2 Å². The minimum atomic E-state index is -0.545. The molecule has 1 saturated heterocycles. The van der Waals surface area contributed by atoms with Crippen molar-refractivity contribution in [3.63, 3.8) is 0 Å². The number of piperidine rings is 1. The van der Waals surface area contributed by atoms with E-state index in [0.717, 1.165) is 23.1 Å². The summed E-state index contributed by atoms with van der Waals surface area (Å²) in [6.45, 7) is 10.4. The molecule has 31 heavy (non-hydrogen) atoms. The summed E-state index contributed by atoms with van der Waals surface area (Å²) >= 11 is 0. The van der Waals surface area contributed by atoms with E-state index in [1.807, 2.05) is 33.8 Å². The maximum atomic E-state index is 14.1. The molecule has 1 aliphatic rings. The molecule has 0 atom stereocenters. The number of nitrogens with zero attached hydrogens (tertiary/aromatic N) is 2. The number of hydrogen-bond acceptors (Lipinski definition) is 5. The number of alkyl carbamates (subject to hydrolysis) is 1. The zero-order valence-electron chi connectivity index (χ0n) is 18.8. The summed E-state index contributed by atoms with van der Waals surface area (Å²) < 4.78 is 19.4. The van der Waals surface area contributed by atoms with E-state index in [4.69, 9.17) is 4.74 Å². The predicted molar refractivity (Wildman–Crippen MR) is 119 cm³/mol. The standard InChI is InChI=1S/C24H30FN3O3/c1-15-10-17(12-18(25)11-15)20-13-26-16(2)21(14-29)22(20)28-8-6-19(7-9-28)27-23(30)31-24(3,4)5/h10-14,19H,6-9H2,1-5H3,(H,27,30). The van der Waals surface area contributed by atoms with Crippen LogP contribution >= 0.6 is 0 Å². The Labute approximate surface area is 182 Å². The highest BCUT2D eigenvalue weighted by Gasteiger charge is 2.27. The number of aryl methyl sites for hydroxylation is 2. The molecule has 1 fully saturated rings. The topological polar surface area (TPSA) is 71.5 Å². The van der Waals surface area contributed by atoms with Gasteiger partial charge in [-0.2, -0.15) is 0 Å². The Balaban J connectivity index is 1.85. The van der Waals surface area contributed by atoms with Crippen molar-refractivity contribution >= 4 is 18.1 Å². The van der Waals surface area contributed by atoms with Gasteiger partial charge in [0.05, 0.1) is 11.3 Å². The number of aromatic nitrogens is 1. The van der Waals surface area contributed by atoms with Gasteiger partial charge in [0, 0.05) is 36.6 Å². The third kappa shape index (κ3) is 5.60. The van der Waals surface area contributed by atoms with Crippen LogP contribution in [0.4, 0.5) is 14.9 Å². The van der Waals surface area contributed by atoms with Crippen LogP contribution in [0.5, 0.6) is 0 Å². The summed E-state index contributed by atoms with van der Waals surface area (Å²) in [6, 6.07) is 4.83. The van der Waals surface area contributed by atoms with Crippen LogP contribution in [-0.2, 0) is 4.74 Å². The maximum Gasteiger partial charge on any atom is 0.407 e. The lowest BCUT2D eigenvalue weighted by atomic mass is 9.96. The number of pyridine rings is 1. The Bertz CT molecular complexity index is 957. The number of anilines is 1. The molecule has 0 unspecified atom stereocenters. The molecule has 0 aliphatic carbocycles. The molecular formula is C24H30FN3O3. The van der Waals surface area contributed by atoms with Gasteiger partial charge < -0.3 is 15.0 Å². The van der Waals surface area contributed by atoms with Crippen LogP contribution in [0.25, 0.3) is 11.1 Å². The van der Waals surface area contributed by atoms with Crippen molar-refractivity contribution in [3.8, 4) is 11.1 Å². The second-order valence-corrected chi connectivity index (χ2v) is 9.06. The molecule has 2 heterocycles. The van der Waals surface area contributed by atoms with Crippen LogP contribution < -0.4 is 10.2 Å². The lowest BCUT2D eigenvalue weighted by Crippen LogP contribution is -2.46. The van der Waals surface area contributed by atoms with Crippen LogP contribution in [0.3, 0.4) is 0 Å². The molecule has 0 bridgehead atoms. The number of hydrogen-bond donors (Lipinski definition) is 1. The fourth-order valence-electron chi connectivity index (χ4n) is 3.92. The fourth-order valence-corrected chi connectivity index (χ4v) is 3.92. The van der Waals surface area contributed by atoms with Gasteiger partial charge in [-0.3, -0.25) is 9.78 Å². The second-order valence-electron chi connectivity index (χ2n) is 9.06. The summed E-state index contributed by atoms with van der Waals surface area (Å²) in [7, 11) is 0. The Morgan fingerprint density at radius 3 is 2.48 bits per heavy atom. The van der Waals surface area contributed by atoms with Crippen molar-refractivity contribution in [2.45, 2.75) is 59.1 Å². The van der Waals surface area contributed by atoms with E-state index in [1.165, 1.54) is 12.1 Å². The zero-order valence-corrected chi connectivity index (χ0v) is 18.8. The van der Waals surface area contributed by atoms with E-state index in [-0.39, 0.29) is 11.9 Å². The lowest BCUT2D eigenvalue weighted by molar-refractivity contribution is 0.0497. The van der Waals surface area contributed by atoms with Crippen molar-refractivity contribution < 1.29 is 18.7 Å². The van der Waals surface area contributed by atoms with Gasteiger partial charge in [0.15, 0.2) is 6.29 Å². The first-order valence-electron chi connectivity index (χ1n) is 10.5. The Kier molecular flexibility index (Phi) is 6.62. The fraction of sp³-hybridized carbons (Fsp3) is 0.458. The first kappa shape index (κ1) is 22.7. The van der Waals surface area contributed by atoms with E-state index in [2.05, 4.69) is 15.2 Å². The van der Waals surface area contributed by atoms with Crippen molar-refractivity contribution in [1.29, 1.82) is 0 Å². The Morgan fingerprint density at radius 2 is 1.90 bits per heavy atom. The number of carbonyl (C=O) groups excluding carboxylic acids is 2. The number of halogens is 1. The Morgan fingerprint density at radius 1 is 1.23 bits per heavy atom. The number of nitrogens with one attached hydrogen (secondary N) is 1. The largest absolute Gasteiger partial charge is 0.444 e. The van der Waals surface area contributed by atoms with E-state index in [0.29, 0.717) is 42.8 Å². The smallest absolute Gasteiger partial charge is 0.407 e. The summed E-state index contributed by atoms with van der Waals surface area (Å²) in [5, 5.41) is 2.93. The van der Waals surface area contributed by atoms with E-state index < -0.39 is 11.7 Å². The quantitative estimate of drug-likeness (QED) is 0.709. The molecule has 1 aromatic heterocycles. The number of amides is 1. The van der Waals surface area contributed by atoms with Crippen LogP contribution in [0.15, 0.2) is 24.4 Å². The average molecular weight is 428 g/mol. The van der Waals surface area contributed by atoms with Crippen molar-refractivity contribution in [2.24, 2.45) is 0 Å². The molecule has 0 radical (unpaired) electrons. The molecule has 0 spiro atoms. The third-order valence-electron chi connectivity index (χ3n) is 5.29. The maximum absolute atomic E-state index is 14.1. The van der Waals surface area contributed by atoms with Crippen molar-refractivity contribution in [2.75, 3.05) is 18.0 Å². The molecule has 6 nitrogen and oxygen atoms in total. The Hall–Kier alpha value is -2.96. The first-order chi connectivity index (χ1) is 14.6. The highest BCUT2D eigenvalue weighted by atomic mass is 19.1. The van der Waals surface area contributed by atoms with Crippen LogP contribution in [-0.4, -0.2) is 42.1 Å². The molecule has 1 aliphatic heterocycles. The van der Waals surface area contributed by atoms with Gasteiger partial charge in [0.25, 0.3) is 0 Å². The summed E-state index contributed by atoms with van der Waals surface area (Å²) in [5.74, 6) is -0.325. The number of ether oxygens (including phenoxy) is 1. The molecule has 0 saturated carbocycles. The minimum absolute atomic E-state index is 0.00594. The van der Waals surface area contributed by atoms with Gasteiger partial charge in [-0.05, 0) is 70.7 Å². The highest BCUT2D eigenvalue weighted by molar-refractivity contribution is 5.94. The molecule has 1 amide bonds. The third-order valence-corrected chi connectivity index (χ3v) is 5.29. The molecule has 2 aromatic rings. The van der Waals surface area contributed by atoms with Gasteiger partial charge in [-0.15, -0.1) is 0 Å². The summed E-state index contributed by atoms with van der Waals surface area (Å²) in [5.41, 5.74) is 3.59. The van der Waals surface area contributed by atoms with Gasteiger partial charge in [0.2, 0.25) is 0 Å². The van der Waals surface area contributed by atoms with Crippen LogP contribution in [0, 0.1) is 19.7 Å².